The molecular formula is C8H14N2O2S. The van der Waals surface area contributed by atoms with Crippen LogP contribution in [0.15, 0.2) is 10.2 Å². The van der Waals surface area contributed by atoms with Gasteiger partial charge < -0.3 is 15.4 Å². The molecule has 4 nitrogen and oxygen atoms in total. The number of thiazole rings is 1. The smallest absolute Gasteiger partial charge is 0.304 e. The molecule has 0 saturated carbocycles. The number of hydrogen-bond donors (Lipinski definition) is 3. The van der Waals surface area contributed by atoms with Crippen LogP contribution in [0.4, 0.5) is 0 Å². The van der Waals surface area contributed by atoms with E-state index in [2.05, 4.69) is 10.3 Å². The average Bonchev–Trinajstić information content (AvgIpc) is 2.51. The minimum absolute atomic E-state index is 0.0344. The van der Waals surface area contributed by atoms with E-state index < -0.39 is 0 Å². The summed E-state index contributed by atoms with van der Waals surface area (Å²) < 4.78 is 0. The van der Waals surface area contributed by atoms with Gasteiger partial charge in [0.25, 0.3) is 0 Å². The fraction of sp³-hybridized carbons (Fsp3) is 0.625. The molecule has 0 bridgehead atoms. The highest BCUT2D eigenvalue weighted by atomic mass is 32.1. The monoisotopic (exact) mass is 202 g/mol. The molecular weight excluding hydrogens is 188 g/mol. The predicted octanol–water partition coefficient (Wildman–Crippen LogP) is 0.297. The lowest BCUT2D eigenvalue weighted by Crippen LogP contribution is -2.25. The maximum atomic E-state index is 10.7. The van der Waals surface area contributed by atoms with E-state index in [0.29, 0.717) is 13.1 Å². The molecule has 5 heteroatoms. The topological polar surface area (TPSA) is 65.1 Å². The van der Waals surface area contributed by atoms with Crippen molar-refractivity contribution in [1.82, 2.24) is 10.3 Å². The van der Waals surface area contributed by atoms with Gasteiger partial charge in [-0.2, -0.15) is 0 Å². The van der Waals surface area contributed by atoms with E-state index in [-0.39, 0.29) is 11.0 Å². The van der Waals surface area contributed by atoms with Gasteiger partial charge >= 0.3 is 4.87 Å². The summed E-state index contributed by atoms with van der Waals surface area (Å²) in [6, 6.07) is 0. The van der Waals surface area contributed by atoms with Crippen LogP contribution in [0.25, 0.3) is 0 Å². The van der Waals surface area contributed by atoms with Gasteiger partial charge in [-0.05, 0) is 6.42 Å². The van der Waals surface area contributed by atoms with Crippen LogP contribution in [-0.2, 0) is 6.54 Å². The fourth-order valence-corrected chi connectivity index (χ4v) is 1.50. The van der Waals surface area contributed by atoms with Crippen LogP contribution in [0, 0.1) is 0 Å². The number of aliphatic hydroxyl groups is 1. The first-order valence-electron chi connectivity index (χ1n) is 4.28. The van der Waals surface area contributed by atoms with E-state index >= 15 is 0 Å². The Labute approximate surface area is 80.6 Å². The number of hydrogen-bond acceptors (Lipinski definition) is 4. The summed E-state index contributed by atoms with van der Waals surface area (Å²) in [4.78, 5) is 13.4. The van der Waals surface area contributed by atoms with Crippen molar-refractivity contribution in [3.8, 4) is 0 Å². The standard InChI is InChI=1S/C8H14N2O2S/c1-2-7(11)4-9-3-6-5-13-8(12)10-6/h5,7,9,11H,2-4H2,1H3,(H,10,12). The quantitative estimate of drug-likeness (QED) is 0.643. The van der Waals surface area contributed by atoms with Gasteiger partial charge in [0.05, 0.1) is 6.10 Å². The zero-order chi connectivity index (χ0) is 9.68. The molecule has 0 amide bonds. The zero-order valence-corrected chi connectivity index (χ0v) is 8.36. The lowest BCUT2D eigenvalue weighted by atomic mass is 10.3. The Kier molecular flexibility index (Phi) is 4.14. The highest BCUT2D eigenvalue weighted by molar-refractivity contribution is 7.07. The summed E-state index contributed by atoms with van der Waals surface area (Å²) in [7, 11) is 0. The number of aromatic amines is 1. The number of aliphatic hydroxyl groups excluding tert-OH is 1. The largest absolute Gasteiger partial charge is 0.392 e. The SMILES string of the molecule is CCC(O)CNCc1csc(=O)[nH]1. The average molecular weight is 202 g/mol. The van der Waals surface area contributed by atoms with E-state index in [0.717, 1.165) is 23.5 Å². The van der Waals surface area contributed by atoms with Crippen LogP contribution in [0.3, 0.4) is 0 Å². The second-order valence-corrected chi connectivity index (χ2v) is 3.71. The van der Waals surface area contributed by atoms with Crippen molar-refractivity contribution in [2.75, 3.05) is 6.54 Å². The first-order valence-corrected chi connectivity index (χ1v) is 5.15. The second-order valence-electron chi connectivity index (χ2n) is 2.87. The first-order chi connectivity index (χ1) is 6.22. The minimum Gasteiger partial charge on any atom is -0.392 e. The summed E-state index contributed by atoms with van der Waals surface area (Å²) in [6.45, 7) is 3.10. The van der Waals surface area contributed by atoms with Gasteiger partial charge in [-0.1, -0.05) is 18.3 Å². The van der Waals surface area contributed by atoms with Gasteiger partial charge in [0, 0.05) is 24.2 Å². The second kappa shape index (κ2) is 5.16. The minimum atomic E-state index is -0.301. The number of aromatic nitrogens is 1. The van der Waals surface area contributed by atoms with Gasteiger partial charge in [-0.25, -0.2) is 0 Å². The normalized spacial score (nSPS) is 13.1. The molecule has 0 spiro atoms. The van der Waals surface area contributed by atoms with E-state index in [1.807, 2.05) is 6.92 Å². The molecule has 3 N–H and O–H groups in total. The molecule has 13 heavy (non-hydrogen) atoms. The molecule has 1 aromatic rings. The van der Waals surface area contributed by atoms with Gasteiger partial charge in [0.15, 0.2) is 0 Å². The third kappa shape index (κ3) is 3.71. The molecule has 1 rings (SSSR count). The van der Waals surface area contributed by atoms with Crippen molar-refractivity contribution in [3.05, 3.63) is 20.7 Å². The third-order valence-corrected chi connectivity index (χ3v) is 2.46. The molecule has 1 unspecified atom stereocenters. The summed E-state index contributed by atoms with van der Waals surface area (Å²) in [6.07, 6.45) is 0.443. The molecule has 0 fully saturated rings. The maximum Gasteiger partial charge on any atom is 0.304 e. The lowest BCUT2D eigenvalue weighted by molar-refractivity contribution is 0.167. The first kappa shape index (κ1) is 10.4. The molecule has 1 heterocycles. The maximum absolute atomic E-state index is 10.7. The molecule has 0 aliphatic carbocycles. The molecule has 1 atom stereocenters. The molecule has 0 saturated heterocycles. The van der Waals surface area contributed by atoms with E-state index in [1.54, 1.807) is 5.38 Å². The Bertz CT molecular complexity index is 294. The fourth-order valence-electron chi connectivity index (χ4n) is 0.918. The predicted molar refractivity (Wildman–Crippen MR) is 52.9 cm³/mol. The highest BCUT2D eigenvalue weighted by Crippen LogP contribution is 1.95. The molecule has 0 radical (unpaired) electrons. The number of H-pyrrole nitrogens is 1. The van der Waals surface area contributed by atoms with Gasteiger partial charge in [-0.3, -0.25) is 4.79 Å². The third-order valence-electron chi connectivity index (χ3n) is 1.74. The molecule has 0 aliphatic rings. The van der Waals surface area contributed by atoms with Crippen LogP contribution in [0.2, 0.25) is 0 Å². The molecule has 0 aromatic carbocycles. The van der Waals surface area contributed by atoms with Crippen molar-refractivity contribution in [2.45, 2.75) is 26.0 Å². The Morgan fingerprint density at radius 2 is 2.54 bits per heavy atom. The van der Waals surface area contributed by atoms with Crippen LogP contribution in [0.1, 0.15) is 19.0 Å². The summed E-state index contributed by atoms with van der Waals surface area (Å²) in [5.41, 5.74) is 0.873. The lowest BCUT2D eigenvalue weighted by Gasteiger charge is -2.07. The van der Waals surface area contributed by atoms with Gasteiger partial charge in [0.2, 0.25) is 0 Å². The molecule has 0 aliphatic heterocycles. The number of rotatable bonds is 5. The Balaban J connectivity index is 2.24. The van der Waals surface area contributed by atoms with Gasteiger partial charge in [0.1, 0.15) is 0 Å². The van der Waals surface area contributed by atoms with Crippen molar-refractivity contribution in [3.63, 3.8) is 0 Å². The highest BCUT2D eigenvalue weighted by Gasteiger charge is 2.00. The summed E-state index contributed by atoms with van der Waals surface area (Å²) in [5, 5.41) is 14.0. The zero-order valence-electron chi connectivity index (χ0n) is 7.54. The Morgan fingerprint density at radius 3 is 3.08 bits per heavy atom. The van der Waals surface area contributed by atoms with Crippen molar-refractivity contribution in [1.29, 1.82) is 0 Å². The van der Waals surface area contributed by atoms with Crippen molar-refractivity contribution < 1.29 is 5.11 Å². The van der Waals surface area contributed by atoms with Crippen molar-refractivity contribution >= 4 is 11.3 Å². The van der Waals surface area contributed by atoms with Crippen LogP contribution < -0.4 is 10.2 Å². The van der Waals surface area contributed by atoms with Crippen LogP contribution in [-0.4, -0.2) is 22.7 Å². The van der Waals surface area contributed by atoms with Crippen LogP contribution in [0.5, 0.6) is 0 Å². The van der Waals surface area contributed by atoms with E-state index in [4.69, 9.17) is 0 Å². The van der Waals surface area contributed by atoms with Gasteiger partial charge in [-0.15, -0.1) is 0 Å². The van der Waals surface area contributed by atoms with E-state index in [1.165, 1.54) is 0 Å². The van der Waals surface area contributed by atoms with Crippen molar-refractivity contribution in [2.24, 2.45) is 0 Å². The molecule has 1 aromatic heterocycles. The summed E-state index contributed by atoms with van der Waals surface area (Å²) in [5.74, 6) is 0. The molecule has 74 valence electrons. The summed E-state index contributed by atoms with van der Waals surface area (Å²) >= 11 is 1.16. The Morgan fingerprint density at radius 1 is 1.77 bits per heavy atom. The Hall–Kier alpha value is -0.650. The number of nitrogens with one attached hydrogen (secondary N) is 2. The van der Waals surface area contributed by atoms with E-state index in [9.17, 15) is 9.90 Å². The van der Waals surface area contributed by atoms with Crippen LogP contribution >= 0.6 is 11.3 Å².